The van der Waals surface area contributed by atoms with Crippen molar-refractivity contribution in [1.29, 1.82) is 0 Å². The van der Waals surface area contributed by atoms with Crippen molar-refractivity contribution in [2.75, 3.05) is 0 Å². The fraction of sp³-hybridized carbons (Fsp3) is 0.176. The molecule has 21 heavy (non-hydrogen) atoms. The molecule has 0 spiro atoms. The fourth-order valence-electron chi connectivity index (χ4n) is 1.86. The smallest absolute Gasteiger partial charge is 0.123 e. The summed E-state index contributed by atoms with van der Waals surface area (Å²) in [7, 11) is 0. The molecule has 108 valence electrons. The number of hydrogen-bond acceptors (Lipinski definition) is 2. The lowest BCUT2D eigenvalue weighted by Gasteiger charge is -2.04. The van der Waals surface area contributed by atoms with Crippen LogP contribution in [0.15, 0.2) is 58.5 Å². The van der Waals surface area contributed by atoms with E-state index in [1.54, 1.807) is 24.3 Å². The van der Waals surface area contributed by atoms with Gasteiger partial charge in [-0.2, -0.15) is 0 Å². The third-order valence-corrected chi connectivity index (χ3v) is 2.97. The predicted molar refractivity (Wildman–Crippen MR) is 83.0 cm³/mol. The zero-order valence-corrected chi connectivity index (χ0v) is 12.0. The molecular formula is C17H16F2N2. The Morgan fingerprint density at radius 2 is 1.24 bits per heavy atom. The normalized spacial score (nSPS) is 12.6. The molecule has 0 bridgehead atoms. The van der Waals surface area contributed by atoms with Crippen LogP contribution in [0, 0.1) is 11.6 Å². The third-order valence-electron chi connectivity index (χ3n) is 2.97. The van der Waals surface area contributed by atoms with Crippen LogP contribution in [-0.2, 0) is 0 Å². The molecule has 0 aliphatic rings. The highest BCUT2D eigenvalue weighted by molar-refractivity contribution is 6.42. The Bertz CT molecular complexity index is 656. The summed E-state index contributed by atoms with van der Waals surface area (Å²) in [4.78, 5) is 8.91. The average molecular weight is 286 g/mol. The van der Waals surface area contributed by atoms with E-state index >= 15 is 0 Å². The van der Waals surface area contributed by atoms with E-state index in [1.807, 2.05) is 13.8 Å². The van der Waals surface area contributed by atoms with Gasteiger partial charge in [0, 0.05) is 0 Å². The first kappa shape index (κ1) is 15.0. The maximum atomic E-state index is 12.9. The van der Waals surface area contributed by atoms with Crippen molar-refractivity contribution in [2.24, 2.45) is 9.98 Å². The second kappa shape index (κ2) is 6.88. The van der Waals surface area contributed by atoms with Crippen LogP contribution < -0.4 is 0 Å². The standard InChI is InChI=1S/C17H16F2N2/c1-3-17(21-16-10-6-14(19)7-11-16)12(2)20-15-8-4-13(18)5-9-15/h4-11H,3H2,1-2H3. The van der Waals surface area contributed by atoms with E-state index in [2.05, 4.69) is 9.98 Å². The van der Waals surface area contributed by atoms with Crippen LogP contribution in [0.25, 0.3) is 0 Å². The summed E-state index contributed by atoms with van der Waals surface area (Å²) in [6, 6.07) is 12.0. The molecule has 0 saturated carbocycles. The van der Waals surface area contributed by atoms with Crippen molar-refractivity contribution in [3.8, 4) is 0 Å². The van der Waals surface area contributed by atoms with Crippen LogP contribution in [-0.4, -0.2) is 11.4 Å². The summed E-state index contributed by atoms with van der Waals surface area (Å²) in [6.07, 6.45) is 0.702. The summed E-state index contributed by atoms with van der Waals surface area (Å²) in [6.45, 7) is 3.83. The Morgan fingerprint density at radius 1 is 0.810 bits per heavy atom. The topological polar surface area (TPSA) is 24.7 Å². The van der Waals surface area contributed by atoms with Crippen LogP contribution in [0.5, 0.6) is 0 Å². The Balaban J connectivity index is 2.27. The molecule has 2 aromatic carbocycles. The molecule has 0 aliphatic carbocycles. The van der Waals surface area contributed by atoms with Gasteiger partial charge in [0.1, 0.15) is 11.6 Å². The molecule has 0 heterocycles. The molecule has 0 radical (unpaired) electrons. The monoisotopic (exact) mass is 286 g/mol. The Kier molecular flexibility index (Phi) is 4.93. The Hall–Kier alpha value is -2.36. The van der Waals surface area contributed by atoms with Gasteiger partial charge in [-0.05, 0) is 61.9 Å². The lowest BCUT2D eigenvalue weighted by Crippen LogP contribution is -2.08. The van der Waals surface area contributed by atoms with Crippen molar-refractivity contribution >= 4 is 22.8 Å². The third kappa shape index (κ3) is 4.31. The van der Waals surface area contributed by atoms with Gasteiger partial charge in [-0.15, -0.1) is 0 Å². The summed E-state index contributed by atoms with van der Waals surface area (Å²) in [5.41, 5.74) is 2.93. The van der Waals surface area contributed by atoms with Crippen molar-refractivity contribution in [3.05, 3.63) is 60.2 Å². The van der Waals surface area contributed by atoms with E-state index in [9.17, 15) is 8.78 Å². The van der Waals surface area contributed by atoms with Crippen LogP contribution in [0.4, 0.5) is 20.2 Å². The van der Waals surface area contributed by atoms with Crippen LogP contribution >= 0.6 is 0 Å². The van der Waals surface area contributed by atoms with E-state index in [-0.39, 0.29) is 11.6 Å². The number of benzene rings is 2. The maximum Gasteiger partial charge on any atom is 0.123 e. The van der Waals surface area contributed by atoms with Gasteiger partial charge in [-0.25, -0.2) is 8.78 Å². The van der Waals surface area contributed by atoms with Gasteiger partial charge in [-0.3, -0.25) is 9.98 Å². The first-order valence-electron chi connectivity index (χ1n) is 6.73. The molecular weight excluding hydrogens is 270 g/mol. The number of nitrogens with zero attached hydrogens (tertiary/aromatic N) is 2. The van der Waals surface area contributed by atoms with Crippen molar-refractivity contribution in [3.63, 3.8) is 0 Å². The molecule has 0 N–H and O–H groups in total. The molecule has 0 aliphatic heterocycles. The van der Waals surface area contributed by atoms with Gasteiger partial charge in [0.05, 0.1) is 22.8 Å². The lowest BCUT2D eigenvalue weighted by molar-refractivity contribution is 0.627. The Morgan fingerprint density at radius 3 is 1.67 bits per heavy atom. The number of halogens is 2. The molecule has 0 unspecified atom stereocenters. The molecule has 0 aromatic heterocycles. The minimum atomic E-state index is -0.290. The number of hydrogen-bond donors (Lipinski definition) is 0. The molecule has 0 fully saturated rings. The summed E-state index contributed by atoms with van der Waals surface area (Å²) < 4.78 is 25.7. The SMILES string of the molecule is CCC(=Nc1ccc(F)cc1)C(C)=Nc1ccc(F)cc1. The summed E-state index contributed by atoms with van der Waals surface area (Å²) in [5, 5.41) is 0. The quantitative estimate of drug-likeness (QED) is 0.687. The second-order valence-corrected chi connectivity index (χ2v) is 4.56. The molecule has 4 heteroatoms. The van der Waals surface area contributed by atoms with Gasteiger partial charge in [0.25, 0.3) is 0 Å². The molecule has 0 saturated heterocycles. The second-order valence-electron chi connectivity index (χ2n) is 4.56. The molecule has 2 nitrogen and oxygen atoms in total. The molecule has 2 aromatic rings. The van der Waals surface area contributed by atoms with Crippen LogP contribution in [0.3, 0.4) is 0 Å². The van der Waals surface area contributed by atoms with Gasteiger partial charge in [-0.1, -0.05) is 6.92 Å². The maximum absolute atomic E-state index is 12.9. The van der Waals surface area contributed by atoms with Crippen molar-refractivity contribution in [1.82, 2.24) is 0 Å². The lowest BCUT2D eigenvalue weighted by atomic mass is 10.2. The zero-order chi connectivity index (χ0) is 15.2. The van der Waals surface area contributed by atoms with E-state index < -0.39 is 0 Å². The van der Waals surface area contributed by atoms with E-state index in [1.165, 1.54) is 24.3 Å². The van der Waals surface area contributed by atoms with Crippen LogP contribution in [0.2, 0.25) is 0 Å². The van der Waals surface area contributed by atoms with Gasteiger partial charge in [0.15, 0.2) is 0 Å². The van der Waals surface area contributed by atoms with Crippen molar-refractivity contribution < 1.29 is 8.78 Å². The zero-order valence-electron chi connectivity index (χ0n) is 12.0. The minimum absolute atomic E-state index is 0.288. The Labute approximate surface area is 122 Å². The van der Waals surface area contributed by atoms with E-state index in [0.29, 0.717) is 17.8 Å². The van der Waals surface area contributed by atoms with Crippen molar-refractivity contribution in [2.45, 2.75) is 20.3 Å². The van der Waals surface area contributed by atoms with E-state index in [0.717, 1.165) is 11.4 Å². The highest BCUT2D eigenvalue weighted by Gasteiger charge is 2.03. The summed E-state index contributed by atoms with van der Waals surface area (Å²) >= 11 is 0. The van der Waals surface area contributed by atoms with Gasteiger partial charge < -0.3 is 0 Å². The largest absolute Gasteiger partial charge is 0.252 e. The molecule has 0 amide bonds. The number of aliphatic imine (C=N–C) groups is 2. The first-order valence-corrected chi connectivity index (χ1v) is 6.73. The molecule has 2 rings (SSSR count). The van der Waals surface area contributed by atoms with Crippen LogP contribution in [0.1, 0.15) is 20.3 Å². The van der Waals surface area contributed by atoms with Gasteiger partial charge >= 0.3 is 0 Å². The highest BCUT2D eigenvalue weighted by Crippen LogP contribution is 2.16. The average Bonchev–Trinajstić information content (AvgIpc) is 2.49. The minimum Gasteiger partial charge on any atom is -0.252 e. The van der Waals surface area contributed by atoms with Gasteiger partial charge in [0.2, 0.25) is 0 Å². The first-order chi connectivity index (χ1) is 10.1. The highest BCUT2D eigenvalue weighted by atomic mass is 19.1. The predicted octanol–water partition coefficient (Wildman–Crippen LogP) is 5.24. The fourth-order valence-corrected chi connectivity index (χ4v) is 1.86. The molecule has 0 atom stereocenters. The summed E-state index contributed by atoms with van der Waals surface area (Å²) in [5.74, 6) is -0.578. The van der Waals surface area contributed by atoms with E-state index in [4.69, 9.17) is 0 Å². The number of rotatable bonds is 4.